The van der Waals surface area contributed by atoms with Gasteiger partial charge in [-0.1, -0.05) is 0 Å². The third-order valence-corrected chi connectivity index (χ3v) is 2.70. The number of benzene rings is 1. The van der Waals surface area contributed by atoms with E-state index in [9.17, 15) is 10.1 Å². The topological polar surface area (TPSA) is 103 Å². The second-order valence-corrected chi connectivity index (χ2v) is 3.69. The summed E-state index contributed by atoms with van der Waals surface area (Å²) in [7, 11) is 1.43. The summed E-state index contributed by atoms with van der Waals surface area (Å²) in [5.74, 6) is 0.761. The zero-order valence-corrected chi connectivity index (χ0v) is 9.34. The van der Waals surface area contributed by atoms with Gasteiger partial charge in [0.1, 0.15) is 18.0 Å². The van der Waals surface area contributed by atoms with Crippen molar-refractivity contribution in [3.05, 3.63) is 27.9 Å². The molecule has 1 aromatic heterocycles. The van der Waals surface area contributed by atoms with E-state index < -0.39 is 4.92 Å². The van der Waals surface area contributed by atoms with Crippen LogP contribution < -0.4 is 9.47 Å². The van der Waals surface area contributed by atoms with Crippen molar-refractivity contribution >= 4 is 5.69 Å². The Balaban J connectivity index is 2.27. The van der Waals surface area contributed by atoms with E-state index >= 15 is 0 Å². The van der Waals surface area contributed by atoms with Crippen molar-refractivity contribution < 1.29 is 14.4 Å². The molecular formula is C10H8N4O4. The minimum atomic E-state index is -0.489. The summed E-state index contributed by atoms with van der Waals surface area (Å²) in [5, 5.41) is 21.2. The number of nitro benzene ring substituents is 1. The van der Waals surface area contributed by atoms with Crippen molar-refractivity contribution in [2.75, 3.05) is 7.11 Å². The smallest absolute Gasteiger partial charge is 0.274 e. The van der Waals surface area contributed by atoms with Gasteiger partial charge in [0.2, 0.25) is 0 Å². The number of methoxy groups -OCH3 is 1. The van der Waals surface area contributed by atoms with Crippen molar-refractivity contribution in [2.45, 2.75) is 6.61 Å². The van der Waals surface area contributed by atoms with E-state index in [4.69, 9.17) is 9.47 Å². The van der Waals surface area contributed by atoms with Crippen molar-refractivity contribution in [2.24, 2.45) is 0 Å². The fourth-order valence-corrected chi connectivity index (χ4v) is 1.88. The van der Waals surface area contributed by atoms with Crippen molar-refractivity contribution in [1.82, 2.24) is 15.4 Å². The predicted octanol–water partition coefficient (Wildman–Crippen LogP) is 1.28. The minimum Gasteiger partial charge on any atom is -0.493 e. The molecule has 0 saturated heterocycles. The minimum absolute atomic E-state index is 0.0787. The number of H-pyrrole nitrogens is 1. The molecule has 0 unspecified atom stereocenters. The first kappa shape index (κ1) is 10.5. The van der Waals surface area contributed by atoms with Crippen LogP contribution in [0.5, 0.6) is 11.5 Å². The summed E-state index contributed by atoms with van der Waals surface area (Å²) in [6.45, 7) is 0.257. The fraction of sp³-hybridized carbons (Fsp3) is 0.200. The molecule has 8 heteroatoms. The van der Waals surface area contributed by atoms with Gasteiger partial charge in [-0.25, -0.2) is 0 Å². The van der Waals surface area contributed by atoms with Crippen LogP contribution in [-0.2, 0) is 6.61 Å². The van der Waals surface area contributed by atoms with Crippen LogP contribution in [0.1, 0.15) is 5.69 Å². The van der Waals surface area contributed by atoms with Gasteiger partial charge in [-0.15, -0.1) is 0 Å². The van der Waals surface area contributed by atoms with E-state index in [0.717, 1.165) is 0 Å². The van der Waals surface area contributed by atoms with Gasteiger partial charge in [0.15, 0.2) is 11.5 Å². The lowest BCUT2D eigenvalue weighted by atomic mass is 10.1. The van der Waals surface area contributed by atoms with Crippen LogP contribution in [0.25, 0.3) is 11.3 Å². The third-order valence-electron chi connectivity index (χ3n) is 2.70. The van der Waals surface area contributed by atoms with E-state index in [1.54, 1.807) is 0 Å². The fourth-order valence-electron chi connectivity index (χ4n) is 1.88. The Kier molecular flexibility index (Phi) is 2.15. The molecule has 0 bridgehead atoms. The lowest BCUT2D eigenvalue weighted by Crippen LogP contribution is -2.07. The Morgan fingerprint density at radius 3 is 3.06 bits per heavy atom. The van der Waals surface area contributed by atoms with Gasteiger partial charge in [-0.05, 0) is 0 Å². The van der Waals surface area contributed by atoms with E-state index in [2.05, 4.69) is 15.4 Å². The van der Waals surface area contributed by atoms with Crippen LogP contribution in [0.15, 0.2) is 12.1 Å². The Morgan fingerprint density at radius 1 is 1.50 bits per heavy atom. The highest BCUT2D eigenvalue weighted by Crippen LogP contribution is 2.44. The first-order valence-corrected chi connectivity index (χ1v) is 5.10. The number of fused-ring (bicyclic) bond motifs is 3. The number of nitrogens with one attached hydrogen (secondary N) is 1. The Labute approximate surface area is 101 Å². The molecule has 2 aromatic rings. The molecule has 0 fully saturated rings. The molecule has 1 aliphatic heterocycles. The average molecular weight is 248 g/mol. The Morgan fingerprint density at radius 2 is 2.33 bits per heavy atom. The van der Waals surface area contributed by atoms with Crippen LogP contribution in [-0.4, -0.2) is 27.4 Å². The maximum atomic E-state index is 10.9. The van der Waals surface area contributed by atoms with Crippen molar-refractivity contribution in [3.63, 3.8) is 0 Å². The monoisotopic (exact) mass is 248 g/mol. The highest BCUT2D eigenvalue weighted by atomic mass is 16.6. The maximum absolute atomic E-state index is 10.9. The molecule has 2 heterocycles. The molecule has 0 radical (unpaired) electrons. The number of hydrogen-bond acceptors (Lipinski definition) is 6. The normalized spacial score (nSPS) is 12.3. The summed E-state index contributed by atoms with van der Waals surface area (Å²) in [6, 6.07) is 2.72. The van der Waals surface area contributed by atoms with Crippen LogP contribution in [0, 0.1) is 10.1 Å². The predicted molar refractivity (Wildman–Crippen MR) is 59.4 cm³/mol. The SMILES string of the molecule is COc1cc([N+](=O)[O-])cc2c1OCc1n[nH]nc1-2. The Bertz CT molecular complexity index is 637. The number of nitro groups is 1. The number of ether oxygens (including phenoxy) is 2. The number of aromatic nitrogens is 3. The first-order chi connectivity index (χ1) is 8.70. The zero-order chi connectivity index (χ0) is 12.7. The van der Waals surface area contributed by atoms with Crippen molar-refractivity contribution in [1.29, 1.82) is 0 Å². The molecule has 1 aliphatic rings. The van der Waals surface area contributed by atoms with Gasteiger partial charge in [0, 0.05) is 6.07 Å². The van der Waals surface area contributed by atoms with Crippen molar-refractivity contribution in [3.8, 4) is 22.8 Å². The van der Waals surface area contributed by atoms with Gasteiger partial charge >= 0.3 is 0 Å². The summed E-state index contributed by atoms with van der Waals surface area (Å²) >= 11 is 0. The molecule has 1 N–H and O–H groups in total. The summed E-state index contributed by atoms with van der Waals surface area (Å²) in [5.41, 5.74) is 1.60. The Hall–Kier alpha value is -2.64. The maximum Gasteiger partial charge on any atom is 0.274 e. The van der Waals surface area contributed by atoms with Gasteiger partial charge < -0.3 is 9.47 Å². The third kappa shape index (κ3) is 1.39. The number of non-ortho nitro benzene ring substituents is 1. The molecule has 3 rings (SSSR count). The molecule has 18 heavy (non-hydrogen) atoms. The van der Waals surface area contributed by atoms with E-state index in [1.807, 2.05) is 0 Å². The zero-order valence-electron chi connectivity index (χ0n) is 9.34. The van der Waals surface area contributed by atoms with Crippen LogP contribution >= 0.6 is 0 Å². The second-order valence-electron chi connectivity index (χ2n) is 3.69. The van der Waals surface area contributed by atoms with Gasteiger partial charge in [-0.2, -0.15) is 15.4 Å². The second kappa shape index (κ2) is 3.69. The molecule has 92 valence electrons. The highest BCUT2D eigenvalue weighted by molar-refractivity contribution is 5.76. The largest absolute Gasteiger partial charge is 0.493 e. The molecule has 0 spiro atoms. The number of rotatable bonds is 2. The van der Waals surface area contributed by atoms with Gasteiger partial charge in [0.05, 0.1) is 23.7 Å². The molecule has 0 amide bonds. The first-order valence-electron chi connectivity index (χ1n) is 5.10. The summed E-state index contributed by atoms with van der Waals surface area (Å²) < 4.78 is 10.6. The van der Waals surface area contributed by atoms with Crippen LogP contribution in [0.2, 0.25) is 0 Å². The highest BCUT2D eigenvalue weighted by Gasteiger charge is 2.27. The molecule has 0 atom stereocenters. The number of hydrogen-bond donors (Lipinski definition) is 1. The number of aromatic amines is 1. The van der Waals surface area contributed by atoms with Crippen LogP contribution in [0.3, 0.4) is 0 Å². The molecular weight excluding hydrogens is 240 g/mol. The van der Waals surface area contributed by atoms with E-state index in [1.165, 1.54) is 19.2 Å². The molecule has 1 aromatic carbocycles. The van der Waals surface area contributed by atoms with Gasteiger partial charge in [-0.3, -0.25) is 10.1 Å². The molecule has 0 aliphatic carbocycles. The quantitative estimate of drug-likeness (QED) is 0.634. The van der Waals surface area contributed by atoms with Crippen LogP contribution in [0.4, 0.5) is 5.69 Å². The average Bonchev–Trinajstić information content (AvgIpc) is 2.85. The molecule has 8 nitrogen and oxygen atoms in total. The lowest BCUT2D eigenvalue weighted by molar-refractivity contribution is -0.384. The van der Waals surface area contributed by atoms with E-state index in [0.29, 0.717) is 28.5 Å². The van der Waals surface area contributed by atoms with E-state index in [-0.39, 0.29) is 12.3 Å². The number of nitrogens with zero attached hydrogens (tertiary/aromatic N) is 3. The van der Waals surface area contributed by atoms with Gasteiger partial charge in [0.25, 0.3) is 5.69 Å². The summed E-state index contributed by atoms with van der Waals surface area (Å²) in [6.07, 6.45) is 0. The standard InChI is InChI=1S/C10H8N4O4/c1-17-8-3-5(14(15)16)2-6-9-7(11-13-12-9)4-18-10(6)8/h2-3H,4H2,1H3,(H,11,12,13). The molecule has 0 saturated carbocycles. The lowest BCUT2D eigenvalue weighted by Gasteiger charge is -2.17. The summed E-state index contributed by atoms with van der Waals surface area (Å²) in [4.78, 5) is 10.4.